The van der Waals surface area contributed by atoms with Gasteiger partial charge in [-0.15, -0.1) is 0 Å². The highest BCUT2D eigenvalue weighted by molar-refractivity contribution is 7.64. The molecule has 2 rings (SSSR count). The minimum absolute atomic E-state index is 0.0595. The standard InChI is InChI=1S/C18H21Cl2NO4P/c19-16-7-6-14(8-17(16)20)18(23)10-21-9-15(22)12-26(24,25)11-13-4-2-1-3-5-13/h1-8,18,21,23-25H,9-12H2/q+1. The van der Waals surface area contributed by atoms with Crippen LogP contribution < -0.4 is 5.32 Å². The van der Waals surface area contributed by atoms with E-state index in [2.05, 4.69) is 5.32 Å². The number of carbonyl (C=O) groups excluding carboxylic acids is 1. The molecule has 2 aromatic carbocycles. The SMILES string of the molecule is O=C(CNCC(O)c1ccc(Cl)c(Cl)c1)C[P+](O)(O)Cc1ccccc1. The van der Waals surface area contributed by atoms with Crippen molar-refractivity contribution in [3.8, 4) is 0 Å². The number of halogens is 2. The first-order chi connectivity index (χ1) is 12.3. The highest BCUT2D eigenvalue weighted by Crippen LogP contribution is 2.52. The van der Waals surface area contributed by atoms with Gasteiger partial charge in [0.05, 0.1) is 22.7 Å². The van der Waals surface area contributed by atoms with Crippen molar-refractivity contribution in [3.63, 3.8) is 0 Å². The van der Waals surface area contributed by atoms with Crippen LogP contribution in [0.1, 0.15) is 17.2 Å². The summed E-state index contributed by atoms with van der Waals surface area (Å²) in [5, 5.41) is 13.7. The zero-order chi connectivity index (χ0) is 19.2. The van der Waals surface area contributed by atoms with Crippen molar-refractivity contribution in [1.29, 1.82) is 0 Å². The number of rotatable bonds is 9. The van der Waals surface area contributed by atoms with Gasteiger partial charge in [-0.1, -0.05) is 59.6 Å². The molecule has 0 heterocycles. The van der Waals surface area contributed by atoms with E-state index >= 15 is 0 Å². The molecule has 140 valence electrons. The zero-order valence-corrected chi connectivity index (χ0v) is 16.4. The van der Waals surface area contributed by atoms with Crippen molar-refractivity contribution in [2.75, 3.05) is 19.3 Å². The molecule has 0 aromatic heterocycles. The van der Waals surface area contributed by atoms with Crippen molar-refractivity contribution in [3.05, 3.63) is 69.7 Å². The Balaban J connectivity index is 1.78. The van der Waals surface area contributed by atoms with Gasteiger partial charge in [-0.3, -0.25) is 4.79 Å². The monoisotopic (exact) mass is 416 g/mol. The lowest BCUT2D eigenvalue weighted by Crippen LogP contribution is -2.29. The molecule has 0 fully saturated rings. The smallest absolute Gasteiger partial charge is 0.279 e. The molecule has 0 aliphatic carbocycles. The van der Waals surface area contributed by atoms with Gasteiger partial charge in [0.2, 0.25) is 0 Å². The summed E-state index contributed by atoms with van der Waals surface area (Å²) in [6, 6.07) is 13.8. The molecular weight excluding hydrogens is 396 g/mol. The number of aliphatic hydroxyl groups is 1. The first-order valence-electron chi connectivity index (χ1n) is 7.99. The Morgan fingerprint density at radius 2 is 1.77 bits per heavy atom. The van der Waals surface area contributed by atoms with Gasteiger partial charge in [0.25, 0.3) is 7.72 Å². The molecule has 1 unspecified atom stereocenters. The summed E-state index contributed by atoms with van der Waals surface area (Å²) in [6.07, 6.45) is -1.08. The molecule has 26 heavy (non-hydrogen) atoms. The Hall–Kier alpha value is -1.04. The predicted molar refractivity (Wildman–Crippen MR) is 106 cm³/mol. The normalized spacial score (nSPS) is 12.8. The number of nitrogens with one attached hydrogen (secondary N) is 1. The van der Waals surface area contributed by atoms with Crippen molar-refractivity contribution >= 4 is 36.7 Å². The summed E-state index contributed by atoms with van der Waals surface area (Å²) in [4.78, 5) is 32.2. The molecule has 0 aliphatic rings. The van der Waals surface area contributed by atoms with E-state index in [1.165, 1.54) is 0 Å². The molecule has 1 atom stereocenters. The van der Waals surface area contributed by atoms with Crippen LogP contribution >= 0.6 is 30.9 Å². The maximum Gasteiger partial charge on any atom is 0.279 e. The van der Waals surface area contributed by atoms with Crippen LogP contribution in [0.25, 0.3) is 0 Å². The van der Waals surface area contributed by atoms with Crippen LogP contribution in [-0.2, 0) is 11.0 Å². The van der Waals surface area contributed by atoms with Crippen molar-refractivity contribution in [2.45, 2.75) is 12.3 Å². The number of hydrogen-bond acceptors (Lipinski definition) is 5. The summed E-state index contributed by atoms with van der Waals surface area (Å²) in [7, 11) is -3.34. The molecule has 0 aliphatic heterocycles. The average molecular weight is 417 g/mol. The second-order valence-corrected chi connectivity index (χ2v) is 9.24. The van der Waals surface area contributed by atoms with Gasteiger partial charge in [0.1, 0.15) is 6.16 Å². The maximum absolute atomic E-state index is 12.0. The molecule has 0 amide bonds. The molecule has 2 aromatic rings. The fourth-order valence-corrected chi connectivity index (χ4v) is 4.35. The highest BCUT2D eigenvalue weighted by Gasteiger charge is 2.36. The van der Waals surface area contributed by atoms with Gasteiger partial charge in [-0.2, -0.15) is 0 Å². The molecule has 0 saturated carbocycles. The number of benzene rings is 2. The molecule has 5 nitrogen and oxygen atoms in total. The zero-order valence-electron chi connectivity index (χ0n) is 14.0. The van der Waals surface area contributed by atoms with Crippen molar-refractivity contribution in [1.82, 2.24) is 5.32 Å². The average Bonchev–Trinajstić information content (AvgIpc) is 2.57. The van der Waals surface area contributed by atoms with E-state index < -0.39 is 13.8 Å². The van der Waals surface area contributed by atoms with E-state index in [4.69, 9.17) is 23.2 Å². The first-order valence-corrected chi connectivity index (χ1v) is 10.8. The van der Waals surface area contributed by atoms with Gasteiger partial charge in [0.15, 0.2) is 11.9 Å². The van der Waals surface area contributed by atoms with Crippen molar-refractivity contribution in [2.24, 2.45) is 0 Å². The van der Waals surface area contributed by atoms with Crippen LogP contribution in [0.15, 0.2) is 48.5 Å². The molecule has 0 radical (unpaired) electrons. The first kappa shape index (κ1) is 21.3. The highest BCUT2D eigenvalue weighted by atomic mass is 35.5. The summed E-state index contributed by atoms with van der Waals surface area (Å²) in [6.45, 7) is 0.0702. The minimum atomic E-state index is -3.34. The largest absolute Gasteiger partial charge is 0.387 e. The van der Waals surface area contributed by atoms with E-state index in [9.17, 15) is 19.7 Å². The lowest BCUT2D eigenvalue weighted by atomic mass is 10.1. The second-order valence-electron chi connectivity index (χ2n) is 6.04. The summed E-state index contributed by atoms with van der Waals surface area (Å²) < 4.78 is 0. The number of carbonyl (C=O) groups is 1. The number of Topliss-reactive ketones (excluding diaryl/α,β-unsaturated/α-hetero) is 1. The lowest BCUT2D eigenvalue weighted by Gasteiger charge is -2.14. The topological polar surface area (TPSA) is 89.8 Å². The van der Waals surface area contributed by atoms with E-state index in [0.717, 1.165) is 5.56 Å². The Bertz CT molecular complexity index is 743. The van der Waals surface area contributed by atoms with Gasteiger partial charge < -0.3 is 10.4 Å². The van der Waals surface area contributed by atoms with E-state index in [1.807, 2.05) is 18.2 Å². The predicted octanol–water partition coefficient (Wildman–Crippen LogP) is 3.22. The fraction of sp³-hybridized carbons (Fsp3) is 0.278. The van der Waals surface area contributed by atoms with Crippen LogP contribution in [0.4, 0.5) is 0 Å². The van der Waals surface area contributed by atoms with Crippen LogP contribution in [0.5, 0.6) is 0 Å². The van der Waals surface area contributed by atoms with Gasteiger partial charge >= 0.3 is 0 Å². The van der Waals surface area contributed by atoms with E-state index in [1.54, 1.807) is 30.3 Å². The Labute approximate surface area is 163 Å². The molecular formula is C18H21Cl2NO4P+. The number of ketones is 1. The van der Waals surface area contributed by atoms with Gasteiger partial charge in [-0.25, -0.2) is 9.79 Å². The van der Waals surface area contributed by atoms with Crippen molar-refractivity contribution < 1.29 is 19.7 Å². The third-order valence-electron chi connectivity index (χ3n) is 3.70. The van der Waals surface area contributed by atoms with Gasteiger partial charge in [0, 0.05) is 6.54 Å². The fourth-order valence-electron chi connectivity index (χ4n) is 2.46. The molecule has 0 spiro atoms. The Morgan fingerprint density at radius 1 is 1.08 bits per heavy atom. The summed E-state index contributed by atoms with van der Waals surface area (Å²) in [5.74, 6) is -0.319. The van der Waals surface area contributed by atoms with E-state index in [-0.39, 0.29) is 31.2 Å². The maximum atomic E-state index is 12.0. The summed E-state index contributed by atoms with van der Waals surface area (Å²) >= 11 is 11.7. The Morgan fingerprint density at radius 3 is 2.42 bits per heavy atom. The summed E-state index contributed by atoms with van der Waals surface area (Å²) in [5.41, 5.74) is 1.36. The molecule has 4 N–H and O–H groups in total. The van der Waals surface area contributed by atoms with Crippen LogP contribution in [0.2, 0.25) is 10.0 Å². The van der Waals surface area contributed by atoms with Crippen LogP contribution in [-0.4, -0.2) is 39.9 Å². The molecule has 0 saturated heterocycles. The number of hydrogen-bond donors (Lipinski definition) is 4. The second kappa shape index (κ2) is 9.77. The molecule has 8 heteroatoms. The van der Waals surface area contributed by atoms with Crippen LogP contribution in [0.3, 0.4) is 0 Å². The van der Waals surface area contributed by atoms with Crippen LogP contribution in [0, 0.1) is 0 Å². The third-order valence-corrected chi connectivity index (χ3v) is 6.17. The molecule has 0 bridgehead atoms. The van der Waals surface area contributed by atoms with Gasteiger partial charge in [-0.05, 0) is 23.3 Å². The third kappa shape index (κ3) is 6.93. The minimum Gasteiger partial charge on any atom is -0.387 e. The van der Waals surface area contributed by atoms with E-state index in [0.29, 0.717) is 15.6 Å². The lowest BCUT2D eigenvalue weighted by molar-refractivity contribution is -0.116. The number of aliphatic hydroxyl groups excluding tert-OH is 1. The quantitative estimate of drug-likeness (QED) is 0.471. The Kier molecular flexibility index (Phi) is 7.99.